The zero-order valence-electron chi connectivity index (χ0n) is 17.9. The molecule has 31 heavy (non-hydrogen) atoms. The Labute approximate surface area is 187 Å². The molecular weight excluding hydrogens is 416 g/mol. The van der Waals surface area contributed by atoms with Crippen molar-refractivity contribution in [3.63, 3.8) is 0 Å². The van der Waals surface area contributed by atoms with Gasteiger partial charge in [0.2, 0.25) is 5.95 Å². The fourth-order valence-corrected chi connectivity index (χ4v) is 4.70. The molecule has 3 heterocycles. The van der Waals surface area contributed by atoms with Gasteiger partial charge in [0.1, 0.15) is 5.82 Å². The van der Waals surface area contributed by atoms with Crippen molar-refractivity contribution in [3.8, 4) is 0 Å². The molecule has 1 aromatic heterocycles. The molecule has 2 aromatic rings. The predicted octanol–water partition coefficient (Wildman–Crippen LogP) is 2.73. The summed E-state index contributed by atoms with van der Waals surface area (Å²) in [6.45, 7) is 4.58. The first kappa shape index (κ1) is 22.0. The average Bonchev–Trinajstić information content (AvgIpc) is 3.18. The van der Waals surface area contributed by atoms with Gasteiger partial charge in [-0.2, -0.15) is 0 Å². The van der Waals surface area contributed by atoms with E-state index in [0.29, 0.717) is 36.6 Å². The minimum atomic E-state index is -0.392. The Morgan fingerprint density at radius 3 is 2.74 bits per heavy atom. The second kappa shape index (κ2) is 9.48. The number of piperidine rings is 1. The van der Waals surface area contributed by atoms with Crippen molar-refractivity contribution < 1.29 is 9.84 Å². The number of aliphatic hydroxyl groups is 1. The summed E-state index contributed by atoms with van der Waals surface area (Å²) in [4.78, 5) is 11.4. The van der Waals surface area contributed by atoms with E-state index in [4.69, 9.17) is 21.7 Å². The molecule has 2 atom stereocenters. The minimum Gasteiger partial charge on any atom is -0.389 e. The molecule has 2 aliphatic heterocycles. The Kier molecular flexibility index (Phi) is 6.71. The van der Waals surface area contributed by atoms with Crippen LogP contribution in [0.2, 0.25) is 5.02 Å². The van der Waals surface area contributed by atoms with Crippen molar-refractivity contribution in [3.05, 3.63) is 40.8 Å². The topological polar surface area (TPSA) is 106 Å². The van der Waals surface area contributed by atoms with E-state index in [-0.39, 0.29) is 6.04 Å². The van der Waals surface area contributed by atoms with Gasteiger partial charge in [0.25, 0.3) is 0 Å². The van der Waals surface area contributed by atoms with E-state index >= 15 is 0 Å². The fourth-order valence-electron chi connectivity index (χ4n) is 4.37. The molecule has 0 saturated carbocycles. The van der Waals surface area contributed by atoms with Gasteiger partial charge in [-0.15, -0.1) is 0 Å². The third-order valence-corrected chi connectivity index (χ3v) is 6.36. The number of hydrogen-bond acceptors (Lipinski definition) is 8. The Morgan fingerprint density at radius 2 is 2.10 bits per heavy atom. The first-order valence-corrected chi connectivity index (χ1v) is 11.0. The lowest BCUT2D eigenvalue weighted by molar-refractivity contribution is 0.0663. The van der Waals surface area contributed by atoms with Crippen LogP contribution in [0.25, 0.3) is 10.9 Å². The third-order valence-electron chi connectivity index (χ3n) is 6.03. The Bertz CT molecular complexity index is 989. The van der Waals surface area contributed by atoms with E-state index < -0.39 is 6.10 Å². The van der Waals surface area contributed by atoms with Crippen molar-refractivity contribution in [2.45, 2.75) is 37.8 Å². The molecule has 4 N–H and O–H groups in total. The monoisotopic (exact) mass is 444 g/mol. The maximum Gasteiger partial charge on any atom is 0.228 e. The Morgan fingerprint density at radius 1 is 1.32 bits per heavy atom. The van der Waals surface area contributed by atoms with Crippen LogP contribution in [0.5, 0.6) is 0 Å². The fraction of sp³-hybridized carbons (Fsp3) is 0.500. The summed E-state index contributed by atoms with van der Waals surface area (Å²) in [5.74, 6) is 1.48. The summed E-state index contributed by atoms with van der Waals surface area (Å²) in [5, 5.41) is 25.5. The highest BCUT2D eigenvalue weighted by atomic mass is 35.5. The van der Waals surface area contributed by atoms with Crippen LogP contribution in [0, 0.1) is 5.41 Å². The number of allylic oxidation sites excluding steroid dienone is 1. The van der Waals surface area contributed by atoms with Gasteiger partial charge in [0, 0.05) is 29.4 Å². The number of aliphatic hydroxyl groups excluding tert-OH is 1. The van der Waals surface area contributed by atoms with Crippen LogP contribution in [0.1, 0.15) is 31.2 Å². The van der Waals surface area contributed by atoms with Crippen molar-refractivity contribution in [2.75, 3.05) is 38.7 Å². The van der Waals surface area contributed by atoms with Crippen LogP contribution in [0.3, 0.4) is 0 Å². The van der Waals surface area contributed by atoms with Gasteiger partial charge in [-0.25, -0.2) is 9.97 Å². The van der Waals surface area contributed by atoms with Crippen molar-refractivity contribution >= 4 is 34.2 Å². The highest BCUT2D eigenvalue weighted by Gasteiger charge is 2.34. The van der Waals surface area contributed by atoms with Gasteiger partial charge in [-0.05, 0) is 62.5 Å². The molecule has 2 aliphatic rings. The number of halogens is 1. The van der Waals surface area contributed by atoms with Crippen molar-refractivity contribution in [2.24, 2.45) is 0 Å². The van der Waals surface area contributed by atoms with E-state index in [9.17, 15) is 5.11 Å². The quantitative estimate of drug-likeness (QED) is 0.507. The van der Waals surface area contributed by atoms with Gasteiger partial charge >= 0.3 is 0 Å². The second-order valence-corrected chi connectivity index (χ2v) is 8.63. The van der Waals surface area contributed by atoms with E-state index in [1.165, 1.54) is 0 Å². The lowest BCUT2D eigenvalue weighted by Crippen LogP contribution is -2.46. The number of likely N-dealkylation sites (tertiary alicyclic amines) is 1. The van der Waals surface area contributed by atoms with Crippen LogP contribution in [0.4, 0.5) is 5.95 Å². The molecule has 0 unspecified atom stereocenters. The number of aromatic nitrogens is 2. The summed E-state index contributed by atoms with van der Waals surface area (Å²) >= 11 is 6.64. The van der Waals surface area contributed by atoms with Crippen LogP contribution < -0.4 is 10.6 Å². The first-order chi connectivity index (χ1) is 14.9. The molecule has 2 fully saturated rings. The Balaban J connectivity index is 1.52. The molecule has 0 aliphatic carbocycles. The molecule has 166 valence electrons. The molecule has 2 saturated heterocycles. The molecule has 0 bridgehead atoms. The maximum absolute atomic E-state index is 10.1. The first-order valence-electron chi connectivity index (χ1n) is 10.6. The number of hydrogen-bond donors (Lipinski definition) is 4. The summed E-state index contributed by atoms with van der Waals surface area (Å²) in [6, 6.07) is 4.12. The Hall–Kier alpha value is -2.26. The highest BCUT2D eigenvalue weighted by molar-refractivity contribution is 6.32. The molecule has 8 nitrogen and oxygen atoms in total. The van der Waals surface area contributed by atoms with E-state index in [1.807, 2.05) is 6.07 Å². The predicted molar refractivity (Wildman–Crippen MR) is 123 cm³/mol. The van der Waals surface area contributed by atoms with Crippen molar-refractivity contribution in [1.82, 2.24) is 20.2 Å². The van der Waals surface area contributed by atoms with Crippen LogP contribution >= 0.6 is 11.6 Å². The molecule has 0 radical (unpaired) electrons. The summed E-state index contributed by atoms with van der Waals surface area (Å²) in [6.07, 6.45) is 5.01. The van der Waals surface area contributed by atoms with E-state index in [1.54, 1.807) is 26.2 Å². The second-order valence-electron chi connectivity index (χ2n) is 8.22. The molecule has 4 rings (SSSR count). The number of benzene rings is 1. The number of anilines is 1. The molecular formula is C22H29ClN6O2. The maximum atomic E-state index is 10.1. The van der Waals surface area contributed by atoms with E-state index in [2.05, 4.69) is 31.6 Å². The number of nitrogens with zero attached hydrogens (tertiary/aromatic N) is 3. The molecule has 1 aromatic carbocycles. The minimum absolute atomic E-state index is 0.105. The van der Waals surface area contributed by atoms with Crippen LogP contribution in [-0.4, -0.2) is 71.2 Å². The van der Waals surface area contributed by atoms with Gasteiger partial charge < -0.3 is 25.9 Å². The lowest BCUT2D eigenvalue weighted by Gasteiger charge is -2.36. The van der Waals surface area contributed by atoms with Gasteiger partial charge in [0.15, 0.2) is 0 Å². The van der Waals surface area contributed by atoms with Crippen LogP contribution in [-0.2, 0) is 4.74 Å². The zero-order valence-corrected chi connectivity index (χ0v) is 18.6. The largest absolute Gasteiger partial charge is 0.389 e. The van der Waals surface area contributed by atoms with Crippen molar-refractivity contribution in [1.29, 1.82) is 5.41 Å². The smallest absolute Gasteiger partial charge is 0.228 e. The van der Waals surface area contributed by atoms with E-state index in [0.717, 1.165) is 47.4 Å². The highest BCUT2D eigenvalue weighted by Crippen LogP contribution is 2.36. The average molecular weight is 445 g/mol. The normalized spacial score (nSPS) is 23.3. The number of ether oxygens (including phenoxy) is 1. The molecule has 9 heteroatoms. The SMILES string of the molecule is CN/C(=C\C(C)=N)Nc1ncc2cc(Cl)c(C3CCN([C@H]4COC[C@H]4O)CC3)cc2n1. The van der Waals surface area contributed by atoms with Gasteiger partial charge in [-0.3, -0.25) is 4.90 Å². The summed E-state index contributed by atoms with van der Waals surface area (Å²) in [5.41, 5.74) is 2.37. The molecule has 0 amide bonds. The van der Waals surface area contributed by atoms with Gasteiger partial charge in [0.05, 0.1) is 30.9 Å². The van der Waals surface area contributed by atoms with Gasteiger partial charge in [-0.1, -0.05) is 11.6 Å². The lowest BCUT2D eigenvalue weighted by atomic mass is 9.88. The van der Waals surface area contributed by atoms with Crippen LogP contribution in [0.15, 0.2) is 30.2 Å². The number of nitrogens with one attached hydrogen (secondary N) is 3. The zero-order chi connectivity index (χ0) is 22.0. The third kappa shape index (κ3) is 4.98. The molecule has 0 spiro atoms. The standard InChI is InChI=1S/C22H29ClN6O2/c1-13(24)7-21(25-2)28-22-26-10-15-8-17(23)16(9-18(15)27-22)14-3-5-29(6-4-14)19-11-31-12-20(19)30/h7-10,14,19-20,24-25,30H,3-6,11-12H2,1-2H3,(H,26,27,28)/b21-7+,24-13?/t19-,20+/m0/s1. The number of fused-ring (bicyclic) bond motifs is 1. The number of rotatable bonds is 6. The summed E-state index contributed by atoms with van der Waals surface area (Å²) < 4.78 is 5.42. The summed E-state index contributed by atoms with van der Waals surface area (Å²) in [7, 11) is 1.78.